The quantitative estimate of drug-likeness (QED) is 0.573. The van der Waals surface area contributed by atoms with Crippen LogP contribution >= 0.6 is 0 Å². The van der Waals surface area contributed by atoms with Gasteiger partial charge in [0.05, 0.1) is 19.0 Å². The van der Waals surface area contributed by atoms with Gasteiger partial charge in [0.1, 0.15) is 17.3 Å². The Kier molecular flexibility index (Phi) is 6.32. The minimum Gasteiger partial charge on any atom is -0.497 e. The minimum absolute atomic E-state index is 0.0171. The number of nitrogens with two attached hydrogens (primary N) is 2. The third kappa shape index (κ3) is 4.55. The predicted octanol–water partition coefficient (Wildman–Crippen LogP) is 3.23. The number of hydrogen-bond acceptors (Lipinski definition) is 7. The molecule has 166 valence electrons. The van der Waals surface area contributed by atoms with E-state index in [9.17, 15) is 9.18 Å². The number of para-hydroxylation sites is 1. The van der Waals surface area contributed by atoms with Crippen LogP contribution in [-0.2, 0) is 6.42 Å². The van der Waals surface area contributed by atoms with Crippen molar-refractivity contribution in [1.82, 2.24) is 9.97 Å². The highest BCUT2D eigenvalue weighted by Gasteiger charge is 2.22. The van der Waals surface area contributed by atoms with Crippen molar-refractivity contribution >= 4 is 17.3 Å². The number of carbonyl (C=O) groups excluding carboxylic acids is 1. The molecule has 2 aromatic carbocycles. The molecule has 0 bridgehead atoms. The highest BCUT2D eigenvalue weighted by atomic mass is 19.1. The van der Waals surface area contributed by atoms with E-state index >= 15 is 0 Å². The Hall–Kier alpha value is -3.52. The van der Waals surface area contributed by atoms with Crippen LogP contribution in [0.15, 0.2) is 48.7 Å². The standard InChI is InChI=1S/C24H26FN5O2/c1-32-17-6-7-19(25)18(13-17)20-14-28-24(27)23(29-20)22(31)12-15-4-2-3-5-21(15)30-10-8-16(26)9-11-30/h2-7,13-14,16H,8-12,26H2,1H3,(H2,27,28). The average Bonchev–Trinajstić information content (AvgIpc) is 2.81. The van der Waals surface area contributed by atoms with Crippen molar-refractivity contribution in [1.29, 1.82) is 0 Å². The molecule has 0 unspecified atom stereocenters. The Morgan fingerprint density at radius 3 is 2.72 bits per heavy atom. The van der Waals surface area contributed by atoms with E-state index in [4.69, 9.17) is 16.2 Å². The summed E-state index contributed by atoms with van der Waals surface area (Å²) in [6, 6.07) is 12.3. The van der Waals surface area contributed by atoms with Gasteiger partial charge in [-0.05, 0) is 42.7 Å². The van der Waals surface area contributed by atoms with E-state index in [0.717, 1.165) is 37.2 Å². The maximum atomic E-state index is 14.4. The largest absolute Gasteiger partial charge is 0.497 e. The first kappa shape index (κ1) is 21.7. The first-order valence-electron chi connectivity index (χ1n) is 10.5. The number of benzene rings is 2. The number of nitrogen functional groups attached to an aromatic ring is 1. The Balaban J connectivity index is 1.62. The summed E-state index contributed by atoms with van der Waals surface area (Å²) in [5, 5.41) is 0. The number of methoxy groups -OCH3 is 1. The highest BCUT2D eigenvalue weighted by Crippen LogP contribution is 2.28. The van der Waals surface area contributed by atoms with Gasteiger partial charge < -0.3 is 21.1 Å². The van der Waals surface area contributed by atoms with Crippen molar-refractivity contribution in [3.63, 3.8) is 0 Å². The van der Waals surface area contributed by atoms with Crippen LogP contribution in [0.4, 0.5) is 15.9 Å². The van der Waals surface area contributed by atoms with Gasteiger partial charge in [-0.1, -0.05) is 18.2 Å². The molecule has 1 aliphatic rings. The van der Waals surface area contributed by atoms with Crippen LogP contribution < -0.4 is 21.1 Å². The molecule has 3 aromatic rings. The number of rotatable bonds is 6. The number of ketones is 1. The molecular weight excluding hydrogens is 409 g/mol. The maximum Gasteiger partial charge on any atom is 0.189 e. The molecule has 1 aliphatic heterocycles. The van der Waals surface area contributed by atoms with Crippen molar-refractivity contribution in [2.75, 3.05) is 30.8 Å². The Morgan fingerprint density at radius 2 is 1.97 bits per heavy atom. The number of hydrogen-bond donors (Lipinski definition) is 2. The molecule has 1 fully saturated rings. The number of aromatic nitrogens is 2. The van der Waals surface area contributed by atoms with Crippen LogP contribution in [0.2, 0.25) is 0 Å². The number of ether oxygens (including phenoxy) is 1. The molecular formula is C24H26FN5O2. The van der Waals surface area contributed by atoms with Gasteiger partial charge in [-0.25, -0.2) is 14.4 Å². The molecule has 1 aromatic heterocycles. The molecule has 0 radical (unpaired) electrons. The predicted molar refractivity (Wildman–Crippen MR) is 122 cm³/mol. The van der Waals surface area contributed by atoms with E-state index in [-0.39, 0.29) is 41.0 Å². The summed E-state index contributed by atoms with van der Waals surface area (Å²) >= 11 is 0. The lowest BCUT2D eigenvalue weighted by Crippen LogP contribution is -2.40. The Bertz CT molecular complexity index is 1130. The van der Waals surface area contributed by atoms with Gasteiger partial charge in [-0.3, -0.25) is 4.79 Å². The van der Waals surface area contributed by atoms with E-state index in [1.165, 1.54) is 31.5 Å². The summed E-state index contributed by atoms with van der Waals surface area (Å²) in [6.45, 7) is 1.69. The Morgan fingerprint density at radius 1 is 1.22 bits per heavy atom. The van der Waals surface area contributed by atoms with Gasteiger partial charge in [0, 0.05) is 36.8 Å². The van der Waals surface area contributed by atoms with E-state index in [1.807, 2.05) is 24.3 Å². The van der Waals surface area contributed by atoms with Crippen molar-refractivity contribution in [2.45, 2.75) is 25.3 Å². The molecule has 0 spiro atoms. The van der Waals surface area contributed by atoms with Crippen LogP contribution in [0, 0.1) is 5.82 Å². The van der Waals surface area contributed by atoms with Crippen LogP contribution in [0.5, 0.6) is 5.75 Å². The lowest BCUT2D eigenvalue weighted by Gasteiger charge is -2.33. The van der Waals surface area contributed by atoms with Crippen molar-refractivity contribution < 1.29 is 13.9 Å². The van der Waals surface area contributed by atoms with E-state index in [2.05, 4.69) is 14.9 Å². The minimum atomic E-state index is -0.489. The lowest BCUT2D eigenvalue weighted by atomic mass is 10.0. The highest BCUT2D eigenvalue weighted by molar-refractivity contribution is 6.00. The average molecular weight is 436 g/mol. The molecule has 8 heteroatoms. The van der Waals surface area contributed by atoms with E-state index in [1.54, 1.807) is 0 Å². The summed E-state index contributed by atoms with van der Waals surface area (Å²) < 4.78 is 19.6. The number of anilines is 2. The number of halogens is 1. The number of Topliss-reactive ketones (excluding diaryl/α,β-unsaturated/α-hetero) is 1. The van der Waals surface area contributed by atoms with Gasteiger partial charge in [0.2, 0.25) is 0 Å². The third-order valence-electron chi connectivity index (χ3n) is 5.74. The molecule has 32 heavy (non-hydrogen) atoms. The first-order valence-corrected chi connectivity index (χ1v) is 10.5. The summed E-state index contributed by atoms with van der Waals surface area (Å²) in [7, 11) is 1.49. The topological polar surface area (TPSA) is 107 Å². The molecule has 0 amide bonds. The van der Waals surface area contributed by atoms with Gasteiger partial charge in [0.15, 0.2) is 11.6 Å². The first-order chi connectivity index (χ1) is 15.5. The fourth-order valence-corrected chi connectivity index (χ4v) is 3.93. The second-order valence-electron chi connectivity index (χ2n) is 7.89. The maximum absolute atomic E-state index is 14.4. The molecule has 0 saturated carbocycles. The second-order valence-corrected chi connectivity index (χ2v) is 7.89. The van der Waals surface area contributed by atoms with Crippen molar-refractivity contribution in [2.24, 2.45) is 5.73 Å². The van der Waals surface area contributed by atoms with Crippen molar-refractivity contribution in [3.05, 3.63) is 65.7 Å². The van der Waals surface area contributed by atoms with Gasteiger partial charge in [0.25, 0.3) is 0 Å². The van der Waals surface area contributed by atoms with E-state index in [0.29, 0.717) is 5.75 Å². The smallest absolute Gasteiger partial charge is 0.189 e. The summed E-state index contributed by atoms with van der Waals surface area (Å²) in [4.78, 5) is 23.9. The van der Waals surface area contributed by atoms with Gasteiger partial charge in [-0.2, -0.15) is 0 Å². The molecule has 4 rings (SSSR count). The number of carbonyl (C=O) groups is 1. The normalized spacial score (nSPS) is 14.4. The zero-order chi connectivity index (χ0) is 22.7. The number of piperidine rings is 1. The SMILES string of the molecule is COc1ccc(F)c(-c2cnc(N)c(C(=O)Cc3ccccc3N3CCC(N)CC3)n2)c1. The molecule has 0 aliphatic carbocycles. The second kappa shape index (κ2) is 9.32. The summed E-state index contributed by atoms with van der Waals surface area (Å²) in [6.07, 6.45) is 3.29. The lowest BCUT2D eigenvalue weighted by molar-refractivity contribution is 0.0989. The van der Waals surface area contributed by atoms with Gasteiger partial charge >= 0.3 is 0 Å². The van der Waals surface area contributed by atoms with Crippen LogP contribution in [0.1, 0.15) is 28.9 Å². The van der Waals surface area contributed by atoms with Gasteiger partial charge in [-0.15, -0.1) is 0 Å². The zero-order valence-corrected chi connectivity index (χ0v) is 17.9. The van der Waals surface area contributed by atoms with Crippen LogP contribution in [0.25, 0.3) is 11.3 Å². The summed E-state index contributed by atoms with van der Waals surface area (Å²) in [5.74, 6) is -0.273. The Labute approximate surface area is 186 Å². The third-order valence-corrected chi connectivity index (χ3v) is 5.74. The molecule has 2 heterocycles. The molecule has 1 saturated heterocycles. The fourth-order valence-electron chi connectivity index (χ4n) is 3.93. The van der Waals surface area contributed by atoms with Crippen molar-refractivity contribution in [3.8, 4) is 17.0 Å². The van der Waals surface area contributed by atoms with Crippen LogP contribution in [-0.4, -0.2) is 42.0 Å². The molecule has 7 nitrogen and oxygen atoms in total. The molecule has 0 atom stereocenters. The summed E-state index contributed by atoms with van der Waals surface area (Å²) in [5.41, 5.74) is 14.3. The fraction of sp³-hybridized carbons (Fsp3) is 0.292. The number of nitrogens with zero attached hydrogens (tertiary/aromatic N) is 3. The monoisotopic (exact) mass is 435 g/mol. The molecule has 4 N–H and O–H groups in total. The van der Waals surface area contributed by atoms with E-state index < -0.39 is 5.82 Å². The zero-order valence-electron chi connectivity index (χ0n) is 17.9. The van der Waals surface area contributed by atoms with Crippen LogP contribution in [0.3, 0.4) is 0 Å².